The zero-order chi connectivity index (χ0) is 23.3. The van der Waals surface area contributed by atoms with Crippen LogP contribution in [0.5, 0.6) is 0 Å². The molecule has 2 amide bonds. The number of non-ortho nitro benzene ring substituents is 1. The van der Waals surface area contributed by atoms with E-state index in [9.17, 15) is 24.1 Å². The van der Waals surface area contributed by atoms with Crippen LogP contribution in [0.1, 0.15) is 11.6 Å². The van der Waals surface area contributed by atoms with Gasteiger partial charge in [0.05, 0.1) is 22.3 Å². The van der Waals surface area contributed by atoms with Gasteiger partial charge >= 0.3 is 0 Å². The van der Waals surface area contributed by atoms with E-state index in [0.717, 1.165) is 17.0 Å². The number of nitro groups is 1. The number of nitrogens with zero attached hydrogens (tertiary/aromatic N) is 3. The van der Waals surface area contributed by atoms with Crippen molar-refractivity contribution in [2.24, 2.45) is 5.92 Å². The molecule has 0 aromatic heterocycles. The summed E-state index contributed by atoms with van der Waals surface area (Å²) in [6.07, 6.45) is -1.18. The lowest BCUT2D eigenvalue weighted by Crippen LogP contribution is -2.37. The van der Waals surface area contributed by atoms with Gasteiger partial charge < -0.3 is 0 Å². The van der Waals surface area contributed by atoms with Crippen molar-refractivity contribution in [3.8, 4) is 0 Å². The van der Waals surface area contributed by atoms with E-state index in [-0.39, 0.29) is 22.0 Å². The Morgan fingerprint density at radius 1 is 0.939 bits per heavy atom. The molecule has 166 valence electrons. The number of para-hydroxylation sites is 1. The fourth-order valence-corrected chi connectivity index (χ4v) is 4.47. The average Bonchev–Trinajstić information content (AvgIpc) is 3.31. The summed E-state index contributed by atoms with van der Waals surface area (Å²) in [6.45, 7) is 0. The Balaban J connectivity index is 1.63. The molecule has 3 aromatic rings. The molecule has 2 aliphatic rings. The number of benzene rings is 3. The van der Waals surface area contributed by atoms with Gasteiger partial charge in [0.25, 0.3) is 11.6 Å². The van der Waals surface area contributed by atoms with Gasteiger partial charge in [-0.2, -0.15) is 0 Å². The zero-order valence-corrected chi connectivity index (χ0v) is 17.6. The first kappa shape index (κ1) is 21.0. The van der Waals surface area contributed by atoms with E-state index in [1.54, 1.807) is 30.3 Å². The van der Waals surface area contributed by atoms with E-state index in [1.165, 1.54) is 35.4 Å². The minimum absolute atomic E-state index is 0.191. The van der Waals surface area contributed by atoms with Gasteiger partial charge in [0.1, 0.15) is 11.7 Å². The number of fused-ring (bicyclic) bond motifs is 1. The third kappa shape index (κ3) is 3.42. The van der Waals surface area contributed by atoms with Crippen LogP contribution in [0.2, 0.25) is 5.02 Å². The molecule has 2 saturated heterocycles. The quantitative estimate of drug-likeness (QED) is 0.320. The molecule has 8 nitrogen and oxygen atoms in total. The molecule has 2 aliphatic heterocycles. The van der Waals surface area contributed by atoms with Gasteiger partial charge in [0.15, 0.2) is 6.10 Å². The number of carbonyl (C=O) groups excluding carboxylic acids is 2. The lowest BCUT2D eigenvalue weighted by molar-refractivity contribution is -0.384. The summed E-state index contributed by atoms with van der Waals surface area (Å²) in [7, 11) is 0. The van der Waals surface area contributed by atoms with Crippen LogP contribution in [0.15, 0.2) is 72.8 Å². The van der Waals surface area contributed by atoms with Gasteiger partial charge in [-0.3, -0.25) is 24.5 Å². The van der Waals surface area contributed by atoms with Gasteiger partial charge in [-0.05, 0) is 42.5 Å². The second kappa shape index (κ2) is 7.95. The summed E-state index contributed by atoms with van der Waals surface area (Å²) in [4.78, 5) is 44.5. The SMILES string of the molecule is O=C1[C@H]2[C@H](ON(c3ccccc3)[C@H]2c2cc([N+](=O)[O-])ccc2Cl)C(=O)N1c1ccc(F)cc1. The molecular formula is C23H15ClFN3O5. The van der Waals surface area contributed by atoms with Crippen molar-refractivity contribution in [2.45, 2.75) is 12.1 Å². The van der Waals surface area contributed by atoms with Crippen molar-refractivity contribution in [2.75, 3.05) is 9.96 Å². The molecule has 0 bridgehead atoms. The Kier molecular flexibility index (Phi) is 5.07. The molecule has 0 aliphatic carbocycles. The van der Waals surface area contributed by atoms with Crippen LogP contribution in [-0.2, 0) is 14.4 Å². The van der Waals surface area contributed by atoms with E-state index >= 15 is 0 Å². The first-order valence-electron chi connectivity index (χ1n) is 9.95. The monoisotopic (exact) mass is 467 g/mol. The molecule has 2 heterocycles. The highest BCUT2D eigenvalue weighted by Crippen LogP contribution is 2.49. The maximum Gasteiger partial charge on any atom is 0.269 e. The average molecular weight is 468 g/mol. The van der Waals surface area contributed by atoms with Crippen LogP contribution >= 0.6 is 11.6 Å². The van der Waals surface area contributed by atoms with Gasteiger partial charge in [0.2, 0.25) is 5.91 Å². The molecule has 0 radical (unpaired) electrons. The van der Waals surface area contributed by atoms with Crippen LogP contribution in [0.3, 0.4) is 0 Å². The standard InChI is InChI=1S/C23H15ClFN3O5/c24-18-11-10-16(28(31)32)12-17(18)20-19-21(33-27(20)15-4-2-1-3-5-15)23(30)26(22(19)29)14-8-6-13(25)7-9-14/h1-12,19-21H/t19-,20+,21+/m1/s1. The minimum Gasteiger partial charge on any atom is -0.273 e. The molecule has 0 unspecified atom stereocenters. The van der Waals surface area contributed by atoms with Crippen molar-refractivity contribution in [3.63, 3.8) is 0 Å². The second-order valence-corrected chi connectivity index (χ2v) is 8.02. The first-order chi connectivity index (χ1) is 15.9. The summed E-state index contributed by atoms with van der Waals surface area (Å²) < 4.78 is 13.4. The van der Waals surface area contributed by atoms with E-state index in [2.05, 4.69) is 0 Å². The third-order valence-corrected chi connectivity index (χ3v) is 6.06. The Labute approximate surface area is 191 Å². The van der Waals surface area contributed by atoms with Crippen LogP contribution in [0.4, 0.5) is 21.5 Å². The van der Waals surface area contributed by atoms with E-state index < -0.39 is 40.6 Å². The first-order valence-corrected chi connectivity index (χ1v) is 10.3. The molecule has 0 spiro atoms. The number of imide groups is 1. The fourth-order valence-electron chi connectivity index (χ4n) is 4.25. The Morgan fingerprint density at radius 2 is 1.64 bits per heavy atom. The molecule has 3 aromatic carbocycles. The maximum absolute atomic E-state index is 13.5. The number of nitro benzene ring substituents is 1. The van der Waals surface area contributed by atoms with E-state index in [0.29, 0.717) is 5.69 Å². The topological polar surface area (TPSA) is 93.0 Å². The summed E-state index contributed by atoms with van der Waals surface area (Å²) in [6, 6.07) is 16.7. The molecule has 2 fully saturated rings. The van der Waals surface area contributed by atoms with E-state index in [1.807, 2.05) is 0 Å². The highest BCUT2D eigenvalue weighted by atomic mass is 35.5. The Morgan fingerprint density at radius 3 is 2.30 bits per heavy atom. The molecule has 5 rings (SSSR count). The van der Waals surface area contributed by atoms with Crippen molar-refractivity contribution < 1.29 is 23.7 Å². The Bertz CT molecular complexity index is 1270. The summed E-state index contributed by atoms with van der Waals surface area (Å²) >= 11 is 6.42. The van der Waals surface area contributed by atoms with Crippen molar-refractivity contribution in [1.82, 2.24) is 0 Å². The number of anilines is 2. The van der Waals surface area contributed by atoms with Crippen LogP contribution < -0.4 is 9.96 Å². The summed E-state index contributed by atoms with van der Waals surface area (Å²) in [5.74, 6) is -2.71. The largest absolute Gasteiger partial charge is 0.273 e. The van der Waals surface area contributed by atoms with Crippen LogP contribution in [0, 0.1) is 21.8 Å². The second-order valence-electron chi connectivity index (χ2n) is 7.61. The molecule has 10 heteroatoms. The normalized spacial score (nSPS) is 22.1. The predicted octanol–water partition coefficient (Wildman–Crippen LogP) is 4.44. The number of hydrogen-bond acceptors (Lipinski definition) is 6. The molecule has 0 saturated carbocycles. The van der Waals surface area contributed by atoms with Crippen LogP contribution in [0.25, 0.3) is 0 Å². The van der Waals surface area contributed by atoms with Crippen molar-refractivity contribution >= 4 is 40.5 Å². The van der Waals surface area contributed by atoms with Crippen LogP contribution in [-0.4, -0.2) is 22.8 Å². The number of hydroxylamine groups is 1. The molecule has 0 N–H and O–H groups in total. The predicted molar refractivity (Wildman–Crippen MR) is 117 cm³/mol. The lowest BCUT2D eigenvalue weighted by Gasteiger charge is -2.29. The molecule has 3 atom stereocenters. The van der Waals surface area contributed by atoms with Gasteiger partial charge in [-0.15, -0.1) is 0 Å². The molecule has 33 heavy (non-hydrogen) atoms. The number of amides is 2. The summed E-state index contributed by atoms with van der Waals surface area (Å²) in [5, 5.41) is 13.0. The van der Waals surface area contributed by atoms with Crippen molar-refractivity contribution in [3.05, 3.63) is 99.3 Å². The smallest absolute Gasteiger partial charge is 0.269 e. The highest BCUT2D eigenvalue weighted by Gasteiger charge is 2.60. The Hall–Kier alpha value is -3.82. The summed E-state index contributed by atoms with van der Waals surface area (Å²) in [5.41, 5.74) is 0.829. The maximum atomic E-state index is 13.5. The number of hydrogen-bond donors (Lipinski definition) is 0. The zero-order valence-electron chi connectivity index (χ0n) is 16.8. The van der Waals surface area contributed by atoms with Gasteiger partial charge in [-0.1, -0.05) is 29.8 Å². The van der Waals surface area contributed by atoms with Gasteiger partial charge in [0, 0.05) is 22.7 Å². The number of rotatable bonds is 4. The lowest BCUT2D eigenvalue weighted by atomic mass is 9.90. The molecular weight excluding hydrogens is 453 g/mol. The minimum atomic E-state index is -1.18. The fraction of sp³-hybridized carbons (Fsp3) is 0.130. The highest BCUT2D eigenvalue weighted by molar-refractivity contribution is 6.31. The van der Waals surface area contributed by atoms with Gasteiger partial charge in [-0.25, -0.2) is 14.4 Å². The number of carbonyl (C=O) groups is 2. The number of halogens is 2. The third-order valence-electron chi connectivity index (χ3n) is 5.72. The van der Waals surface area contributed by atoms with E-state index in [4.69, 9.17) is 16.4 Å². The van der Waals surface area contributed by atoms with Crippen molar-refractivity contribution in [1.29, 1.82) is 0 Å².